The first-order chi connectivity index (χ1) is 16.2. The number of anilines is 1. The molecule has 186 valence electrons. The zero-order chi connectivity index (χ0) is 25.0. The lowest BCUT2D eigenvalue weighted by atomic mass is 10.1. The summed E-state index contributed by atoms with van der Waals surface area (Å²) in [6.45, 7) is 6.94. The SMILES string of the molecule is CCC.CCC(O)c1cnc(N2CCn3c(nc4cc(CO)c(SC)cc43)C2)nc1C(F)(F)F. The third kappa shape index (κ3) is 5.31. The number of benzene rings is 1. The van der Waals surface area contributed by atoms with Gasteiger partial charge < -0.3 is 19.7 Å². The highest BCUT2D eigenvalue weighted by molar-refractivity contribution is 7.98. The van der Waals surface area contributed by atoms with Gasteiger partial charge in [-0.05, 0) is 30.4 Å². The number of hydrogen-bond donors (Lipinski definition) is 2. The number of fused-ring (bicyclic) bond motifs is 3. The average molecular weight is 498 g/mol. The average Bonchev–Trinajstić information content (AvgIpc) is 3.18. The number of imidazole rings is 1. The van der Waals surface area contributed by atoms with Crippen molar-refractivity contribution in [2.75, 3.05) is 17.7 Å². The van der Waals surface area contributed by atoms with Gasteiger partial charge in [0.25, 0.3) is 0 Å². The fourth-order valence-corrected chi connectivity index (χ4v) is 4.41. The van der Waals surface area contributed by atoms with E-state index in [4.69, 9.17) is 0 Å². The molecule has 0 fully saturated rings. The van der Waals surface area contributed by atoms with Crippen molar-refractivity contribution in [1.82, 2.24) is 19.5 Å². The molecule has 3 aromatic rings. The monoisotopic (exact) mass is 497 g/mol. The molecule has 0 bridgehead atoms. The van der Waals surface area contributed by atoms with Crippen LogP contribution >= 0.6 is 11.8 Å². The Kier molecular flexibility index (Phi) is 8.43. The summed E-state index contributed by atoms with van der Waals surface area (Å²) in [5, 5.41) is 19.5. The summed E-state index contributed by atoms with van der Waals surface area (Å²) in [5.74, 6) is 0.650. The predicted molar refractivity (Wildman–Crippen MR) is 127 cm³/mol. The maximum absolute atomic E-state index is 13.6. The highest BCUT2D eigenvalue weighted by Gasteiger charge is 2.38. The smallest absolute Gasteiger partial charge is 0.392 e. The van der Waals surface area contributed by atoms with Crippen molar-refractivity contribution in [3.05, 3.63) is 41.0 Å². The van der Waals surface area contributed by atoms with E-state index in [0.29, 0.717) is 18.9 Å². The van der Waals surface area contributed by atoms with E-state index in [1.54, 1.807) is 11.8 Å². The van der Waals surface area contributed by atoms with Crippen molar-refractivity contribution in [3.8, 4) is 0 Å². The van der Waals surface area contributed by atoms with Gasteiger partial charge in [0.15, 0.2) is 5.69 Å². The van der Waals surface area contributed by atoms with Gasteiger partial charge in [0.2, 0.25) is 5.95 Å². The van der Waals surface area contributed by atoms with E-state index in [1.165, 1.54) is 18.2 Å². The van der Waals surface area contributed by atoms with Gasteiger partial charge in [0, 0.05) is 29.7 Å². The van der Waals surface area contributed by atoms with Gasteiger partial charge in [-0.15, -0.1) is 11.8 Å². The van der Waals surface area contributed by atoms with Crippen molar-refractivity contribution in [1.29, 1.82) is 0 Å². The second kappa shape index (κ2) is 10.9. The molecular formula is C23H30F3N5O2S. The van der Waals surface area contributed by atoms with Crippen molar-refractivity contribution in [2.45, 2.75) is 70.5 Å². The molecule has 1 aliphatic heterocycles. The van der Waals surface area contributed by atoms with Crippen LogP contribution in [0.5, 0.6) is 0 Å². The zero-order valence-electron chi connectivity index (χ0n) is 19.7. The molecule has 3 heterocycles. The van der Waals surface area contributed by atoms with Crippen LogP contribution in [-0.4, -0.2) is 42.5 Å². The molecule has 0 spiro atoms. The van der Waals surface area contributed by atoms with E-state index in [9.17, 15) is 23.4 Å². The maximum atomic E-state index is 13.6. The van der Waals surface area contributed by atoms with E-state index in [-0.39, 0.29) is 31.1 Å². The second-order valence-corrected chi connectivity index (χ2v) is 8.86. The summed E-state index contributed by atoms with van der Waals surface area (Å²) >= 11 is 1.54. The molecule has 2 N–H and O–H groups in total. The lowest BCUT2D eigenvalue weighted by Gasteiger charge is -2.29. The minimum atomic E-state index is -4.69. The zero-order valence-corrected chi connectivity index (χ0v) is 20.5. The van der Waals surface area contributed by atoms with Gasteiger partial charge in [0.05, 0.1) is 30.3 Å². The van der Waals surface area contributed by atoms with Crippen LogP contribution in [0.2, 0.25) is 0 Å². The fraction of sp³-hybridized carbons (Fsp3) is 0.522. The van der Waals surface area contributed by atoms with Gasteiger partial charge in [-0.1, -0.05) is 27.2 Å². The number of aromatic nitrogens is 4. The molecule has 34 heavy (non-hydrogen) atoms. The number of halogens is 3. The van der Waals surface area contributed by atoms with Crippen molar-refractivity contribution < 1.29 is 23.4 Å². The molecular weight excluding hydrogens is 467 g/mol. The Balaban J connectivity index is 0.00000103. The van der Waals surface area contributed by atoms with Crippen LogP contribution in [0.3, 0.4) is 0 Å². The molecule has 0 saturated heterocycles. The molecule has 11 heteroatoms. The number of alkyl halides is 3. The molecule has 1 atom stereocenters. The van der Waals surface area contributed by atoms with Crippen LogP contribution in [0.25, 0.3) is 11.0 Å². The number of aliphatic hydroxyl groups excluding tert-OH is 2. The maximum Gasteiger partial charge on any atom is 0.433 e. The Morgan fingerprint density at radius 3 is 2.44 bits per heavy atom. The molecule has 1 aliphatic rings. The molecule has 0 radical (unpaired) electrons. The highest BCUT2D eigenvalue weighted by Crippen LogP contribution is 2.35. The lowest BCUT2D eigenvalue weighted by Crippen LogP contribution is -2.35. The first-order valence-corrected chi connectivity index (χ1v) is 12.4. The predicted octanol–water partition coefficient (Wildman–Crippen LogP) is 4.94. The van der Waals surface area contributed by atoms with Crippen LogP contribution < -0.4 is 4.90 Å². The summed E-state index contributed by atoms with van der Waals surface area (Å²) in [6, 6.07) is 3.83. The van der Waals surface area contributed by atoms with E-state index < -0.39 is 18.0 Å². The van der Waals surface area contributed by atoms with Crippen LogP contribution in [-0.2, 0) is 25.9 Å². The van der Waals surface area contributed by atoms with Crippen LogP contribution in [0, 0.1) is 0 Å². The largest absolute Gasteiger partial charge is 0.433 e. The minimum absolute atomic E-state index is 0.0430. The fourth-order valence-electron chi connectivity index (χ4n) is 3.80. The van der Waals surface area contributed by atoms with Crippen molar-refractivity contribution >= 4 is 28.7 Å². The third-order valence-electron chi connectivity index (χ3n) is 5.43. The second-order valence-electron chi connectivity index (χ2n) is 8.01. The molecule has 1 aromatic carbocycles. The first kappa shape index (κ1) is 26.2. The topological polar surface area (TPSA) is 87.3 Å². The summed E-state index contributed by atoms with van der Waals surface area (Å²) in [5.41, 5.74) is 1.02. The molecule has 0 amide bonds. The Bertz CT molecular complexity index is 1140. The molecule has 2 aromatic heterocycles. The van der Waals surface area contributed by atoms with Crippen LogP contribution in [0.4, 0.5) is 19.1 Å². The summed E-state index contributed by atoms with van der Waals surface area (Å²) in [7, 11) is 0. The van der Waals surface area contributed by atoms with Gasteiger partial charge in [-0.3, -0.25) is 0 Å². The Hall–Kier alpha value is -2.37. The Morgan fingerprint density at radius 2 is 1.85 bits per heavy atom. The third-order valence-corrected chi connectivity index (χ3v) is 6.25. The van der Waals surface area contributed by atoms with E-state index >= 15 is 0 Å². The van der Waals surface area contributed by atoms with Crippen LogP contribution in [0.15, 0.2) is 23.2 Å². The lowest BCUT2D eigenvalue weighted by molar-refractivity contribution is -0.142. The van der Waals surface area contributed by atoms with E-state index in [0.717, 1.165) is 27.7 Å². The van der Waals surface area contributed by atoms with E-state index in [1.807, 2.05) is 23.0 Å². The summed E-state index contributed by atoms with van der Waals surface area (Å²) in [6.07, 6.45) is -1.59. The van der Waals surface area contributed by atoms with Crippen molar-refractivity contribution in [3.63, 3.8) is 0 Å². The first-order valence-electron chi connectivity index (χ1n) is 11.2. The molecule has 4 rings (SSSR count). The standard InChI is InChI=1S/C20H22F3N5O2S.C3H8/c1-3-15(30)12-8-24-19(26-18(12)20(21,22)23)27-4-5-28-14-7-16(31-2)11(10-29)6-13(14)25-17(28)9-27;1-3-2/h6-8,15,29-30H,3-5,9-10H2,1-2H3;3H2,1-2H3. The Morgan fingerprint density at radius 1 is 1.15 bits per heavy atom. The molecule has 1 unspecified atom stereocenters. The van der Waals surface area contributed by atoms with Gasteiger partial charge >= 0.3 is 6.18 Å². The number of thioether (sulfide) groups is 1. The van der Waals surface area contributed by atoms with Crippen LogP contribution in [0.1, 0.15) is 62.4 Å². The number of aliphatic hydroxyl groups is 2. The molecule has 0 saturated carbocycles. The van der Waals surface area contributed by atoms with Gasteiger partial charge in [-0.2, -0.15) is 13.2 Å². The van der Waals surface area contributed by atoms with Gasteiger partial charge in [0.1, 0.15) is 5.82 Å². The summed E-state index contributed by atoms with van der Waals surface area (Å²) < 4.78 is 42.7. The normalized spacial score (nSPS) is 14.6. The van der Waals surface area contributed by atoms with Crippen molar-refractivity contribution in [2.24, 2.45) is 0 Å². The quantitative estimate of drug-likeness (QED) is 0.483. The summed E-state index contributed by atoms with van der Waals surface area (Å²) in [4.78, 5) is 15.1. The minimum Gasteiger partial charge on any atom is -0.392 e. The van der Waals surface area contributed by atoms with E-state index in [2.05, 4.69) is 28.8 Å². The molecule has 7 nitrogen and oxygen atoms in total. The number of hydrogen-bond acceptors (Lipinski definition) is 7. The number of nitrogens with zero attached hydrogens (tertiary/aromatic N) is 5. The highest BCUT2D eigenvalue weighted by atomic mass is 32.2. The number of rotatable bonds is 5. The Labute approximate surface area is 201 Å². The molecule has 0 aliphatic carbocycles. The van der Waals surface area contributed by atoms with Gasteiger partial charge in [-0.25, -0.2) is 15.0 Å².